The molecule has 34 heavy (non-hydrogen) atoms. The first kappa shape index (κ1) is 24.7. The molecule has 0 aromatic heterocycles. The highest BCUT2D eigenvalue weighted by molar-refractivity contribution is 6.16. The quantitative estimate of drug-likeness (QED) is 0.450. The first-order valence-corrected chi connectivity index (χ1v) is 12.3. The highest BCUT2D eigenvalue weighted by Crippen LogP contribution is 2.69. The number of ether oxygens (including phenoxy) is 1. The van der Waals surface area contributed by atoms with E-state index < -0.39 is 21.7 Å². The molecule has 0 bridgehead atoms. The Morgan fingerprint density at radius 2 is 1.59 bits per heavy atom. The van der Waals surface area contributed by atoms with Crippen molar-refractivity contribution in [3.8, 4) is 0 Å². The number of rotatable bonds is 4. The molecule has 0 aromatic rings. The molecule has 6 heteroatoms. The van der Waals surface area contributed by atoms with E-state index in [1.54, 1.807) is 0 Å². The van der Waals surface area contributed by atoms with E-state index in [0.717, 1.165) is 5.57 Å². The summed E-state index contributed by atoms with van der Waals surface area (Å²) in [5.41, 5.74) is -1.54. The first-order chi connectivity index (χ1) is 15.7. The summed E-state index contributed by atoms with van der Waals surface area (Å²) in [6.07, 6.45) is 1.96. The van der Waals surface area contributed by atoms with E-state index in [2.05, 4.69) is 6.58 Å². The number of allylic oxidation sites excluding steroid dienone is 3. The fraction of sp³-hybridized carbons (Fsp3) is 0.679. The van der Waals surface area contributed by atoms with Gasteiger partial charge in [-0.25, -0.2) is 0 Å². The van der Waals surface area contributed by atoms with Crippen LogP contribution in [0.5, 0.6) is 0 Å². The maximum atomic E-state index is 13.9. The van der Waals surface area contributed by atoms with Crippen molar-refractivity contribution >= 4 is 29.1 Å². The Balaban J connectivity index is 1.83. The van der Waals surface area contributed by atoms with Crippen LogP contribution in [-0.2, 0) is 28.7 Å². The van der Waals surface area contributed by atoms with E-state index in [0.29, 0.717) is 30.4 Å². The van der Waals surface area contributed by atoms with Crippen LogP contribution in [0.3, 0.4) is 0 Å². The second-order valence-corrected chi connectivity index (χ2v) is 12.0. The number of hydrogen-bond acceptors (Lipinski definition) is 6. The molecule has 4 aliphatic carbocycles. The molecule has 4 aliphatic rings. The molecule has 0 saturated heterocycles. The van der Waals surface area contributed by atoms with Crippen LogP contribution in [0, 0.1) is 33.5 Å². The topological polar surface area (TPSA) is 94.6 Å². The van der Waals surface area contributed by atoms with Gasteiger partial charge in [-0.05, 0) is 37.0 Å². The Morgan fingerprint density at radius 3 is 2.21 bits per heavy atom. The van der Waals surface area contributed by atoms with Crippen LogP contribution in [0.1, 0.15) is 79.6 Å². The lowest BCUT2D eigenvalue weighted by Gasteiger charge is -2.58. The number of Topliss-reactive ketones (excluding diaryl/α,β-unsaturated/α-hetero) is 4. The van der Waals surface area contributed by atoms with Gasteiger partial charge in [0.25, 0.3) is 0 Å². The number of hydrogen-bond donors (Lipinski definition) is 0. The second kappa shape index (κ2) is 7.56. The molecule has 0 spiro atoms. The van der Waals surface area contributed by atoms with Gasteiger partial charge in [-0.3, -0.25) is 24.0 Å². The molecular weight excluding hydrogens is 432 g/mol. The highest BCUT2D eigenvalue weighted by atomic mass is 16.5. The van der Waals surface area contributed by atoms with Crippen molar-refractivity contribution in [2.45, 2.75) is 79.6 Å². The summed E-state index contributed by atoms with van der Waals surface area (Å²) in [5, 5.41) is 0. The van der Waals surface area contributed by atoms with Gasteiger partial charge in [0, 0.05) is 54.1 Å². The third-order valence-electron chi connectivity index (χ3n) is 10.3. The predicted molar refractivity (Wildman–Crippen MR) is 126 cm³/mol. The monoisotopic (exact) mass is 468 g/mol. The summed E-state index contributed by atoms with van der Waals surface area (Å²) in [6, 6.07) is 0. The van der Waals surface area contributed by atoms with Crippen LogP contribution in [-0.4, -0.2) is 36.2 Å². The van der Waals surface area contributed by atoms with E-state index >= 15 is 0 Å². The summed E-state index contributed by atoms with van der Waals surface area (Å²) in [5.74, 6) is -1.07. The Hall–Kier alpha value is -2.37. The molecule has 0 N–H and O–H groups in total. The van der Waals surface area contributed by atoms with Crippen molar-refractivity contribution in [2.24, 2.45) is 33.5 Å². The van der Waals surface area contributed by atoms with Crippen LogP contribution < -0.4 is 0 Å². The van der Waals surface area contributed by atoms with Crippen molar-refractivity contribution < 1.29 is 28.7 Å². The molecule has 0 amide bonds. The van der Waals surface area contributed by atoms with Crippen molar-refractivity contribution in [3.05, 3.63) is 23.3 Å². The first-order valence-electron chi connectivity index (χ1n) is 12.3. The normalized spacial score (nSPS) is 38.9. The van der Waals surface area contributed by atoms with Gasteiger partial charge >= 0.3 is 5.97 Å². The summed E-state index contributed by atoms with van der Waals surface area (Å²) in [4.78, 5) is 65.8. The molecule has 5 unspecified atom stereocenters. The molecular formula is C28H36O6. The Bertz CT molecular complexity index is 1080. The number of esters is 1. The lowest BCUT2D eigenvalue weighted by atomic mass is 9.43. The van der Waals surface area contributed by atoms with Gasteiger partial charge in [-0.15, -0.1) is 0 Å². The molecule has 5 atom stereocenters. The number of methoxy groups -OCH3 is 1. The number of carbonyl (C=O) groups is 5. The third kappa shape index (κ3) is 2.96. The van der Waals surface area contributed by atoms with Gasteiger partial charge in [0.15, 0.2) is 11.6 Å². The van der Waals surface area contributed by atoms with Crippen molar-refractivity contribution in [1.82, 2.24) is 0 Å². The van der Waals surface area contributed by atoms with E-state index in [-0.39, 0.29) is 66.6 Å². The molecule has 0 aliphatic heterocycles. The summed E-state index contributed by atoms with van der Waals surface area (Å²) in [6.45, 7) is 13.8. The Morgan fingerprint density at radius 1 is 0.941 bits per heavy atom. The average Bonchev–Trinajstić information content (AvgIpc) is 2.97. The Labute approximate surface area is 201 Å². The standard InChI is InChI=1S/C28H36O6/c1-15(8-9-22(33)34-7)16-12-21(32)28(6)24-17(29)13-19-25(2,3)20(31)10-11-26(19,4)23(24)18(30)14-27(16,28)5/h16,19H,1,8-14H2,2-7H3. The molecule has 2 fully saturated rings. The van der Waals surface area contributed by atoms with Gasteiger partial charge in [0.05, 0.1) is 12.5 Å². The fourth-order valence-electron chi connectivity index (χ4n) is 7.90. The minimum Gasteiger partial charge on any atom is -0.469 e. The smallest absolute Gasteiger partial charge is 0.305 e. The van der Waals surface area contributed by atoms with Crippen LogP contribution >= 0.6 is 0 Å². The lowest BCUT2D eigenvalue weighted by molar-refractivity contribution is -0.147. The van der Waals surface area contributed by atoms with Crippen LogP contribution in [0.15, 0.2) is 23.3 Å². The number of ketones is 4. The largest absolute Gasteiger partial charge is 0.469 e. The number of fused-ring (bicyclic) bond motifs is 4. The molecule has 0 aromatic carbocycles. The van der Waals surface area contributed by atoms with Crippen LogP contribution in [0.4, 0.5) is 0 Å². The Kier molecular flexibility index (Phi) is 5.50. The van der Waals surface area contributed by atoms with Gasteiger partial charge in [-0.2, -0.15) is 0 Å². The van der Waals surface area contributed by atoms with Gasteiger partial charge < -0.3 is 4.74 Å². The molecule has 4 rings (SSSR count). The maximum Gasteiger partial charge on any atom is 0.305 e. The second-order valence-electron chi connectivity index (χ2n) is 12.0. The fourth-order valence-corrected chi connectivity index (χ4v) is 7.90. The lowest BCUT2D eigenvalue weighted by Crippen LogP contribution is -2.59. The average molecular weight is 469 g/mol. The van der Waals surface area contributed by atoms with Gasteiger partial charge in [0.1, 0.15) is 11.6 Å². The molecule has 184 valence electrons. The zero-order chi connectivity index (χ0) is 25.4. The van der Waals surface area contributed by atoms with E-state index in [9.17, 15) is 24.0 Å². The molecule has 2 saturated carbocycles. The maximum absolute atomic E-state index is 13.9. The summed E-state index contributed by atoms with van der Waals surface area (Å²) >= 11 is 0. The van der Waals surface area contributed by atoms with E-state index in [1.807, 2.05) is 34.6 Å². The van der Waals surface area contributed by atoms with Crippen LogP contribution in [0.25, 0.3) is 0 Å². The molecule has 0 heterocycles. The zero-order valence-electron chi connectivity index (χ0n) is 21.3. The highest BCUT2D eigenvalue weighted by Gasteiger charge is 2.70. The van der Waals surface area contributed by atoms with Gasteiger partial charge in [-0.1, -0.05) is 39.8 Å². The van der Waals surface area contributed by atoms with Gasteiger partial charge in [0.2, 0.25) is 0 Å². The summed E-state index contributed by atoms with van der Waals surface area (Å²) < 4.78 is 4.75. The minimum atomic E-state index is -1.09. The van der Waals surface area contributed by atoms with Crippen LogP contribution in [0.2, 0.25) is 0 Å². The van der Waals surface area contributed by atoms with Crippen molar-refractivity contribution in [1.29, 1.82) is 0 Å². The SMILES string of the molecule is C=C(CCC(=O)OC)C1CC(=O)C2(C)C3=C(C(=O)CC12C)C1(C)CCC(=O)C(C)(C)C1CC3=O. The van der Waals surface area contributed by atoms with Crippen molar-refractivity contribution in [3.63, 3.8) is 0 Å². The predicted octanol–water partition coefficient (Wildman–Crippen LogP) is 4.35. The van der Waals surface area contributed by atoms with E-state index in [1.165, 1.54) is 7.11 Å². The third-order valence-corrected chi connectivity index (χ3v) is 10.3. The zero-order valence-corrected chi connectivity index (χ0v) is 21.3. The molecule has 0 radical (unpaired) electrons. The molecule has 6 nitrogen and oxygen atoms in total. The summed E-state index contributed by atoms with van der Waals surface area (Å²) in [7, 11) is 1.33. The van der Waals surface area contributed by atoms with Crippen molar-refractivity contribution in [2.75, 3.05) is 7.11 Å². The van der Waals surface area contributed by atoms with E-state index in [4.69, 9.17) is 4.74 Å². The number of carbonyl (C=O) groups excluding carboxylic acids is 5. The minimum absolute atomic E-state index is 0.0410.